The van der Waals surface area contributed by atoms with Gasteiger partial charge < -0.3 is 15.2 Å². The summed E-state index contributed by atoms with van der Waals surface area (Å²) in [5, 5.41) is 0.603. The first-order valence-corrected chi connectivity index (χ1v) is 5.95. The van der Waals surface area contributed by atoms with E-state index in [-0.39, 0.29) is 5.54 Å². The maximum absolute atomic E-state index is 6.19. The third-order valence-electron chi connectivity index (χ3n) is 3.17. The highest BCUT2D eigenvalue weighted by Crippen LogP contribution is 2.47. The minimum Gasteiger partial charge on any atom is -0.489 e. The van der Waals surface area contributed by atoms with E-state index in [9.17, 15) is 0 Å². The molecule has 0 radical (unpaired) electrons. The summed E-state index contributed by atoms with van der Waals surface area (Å²) in [5.74, 6) is 1.39. The van der Waals surface area contributed by atoms with Crippen LogP contribution in [-0.2, 0) is 5.54 Å². The summed E-state index contributed by atoms with van der Waals surface area (Å²) < 4.78 is 11.2. The van der Waals surface area contributed by atoms with E-state index in [4.69, 9.17) is 26.8 Å². The van der Waals surface area contributed by atoms with Crippen LogP contribution in [0.15, 0.2) is 12.1 Å². The Bertz CT molecular complexity index is 429. The Balaban J connectivity index is 2.05. The van der Waals surface area contributed by atoms with Gasteiger partial charge in [0.1, 0.15) is 0 Å². The minimum absolute atomic E-state index is 0.186. The van der Waals surface area contributed by atoms with Crippen LogP contribution in [0.1, 0.15) is 24.8 Å². The maximum atomic E-state index is 6.19. The molecule has 0 unspecified atom stereocenters. The van der Waals surface area contributed by atoms with Crippen molar-refractivity contribution in [3.05, 3.63) is 22.7 Å². The third kappa shape index (κ3) is 1.64. The van der Waals surface area contributed by atoms with Gasteiger partial charge in [-0.15, -0.1) is 0 Å². The van der Waals surface area contributed by atoms with Crippen LogP contribution in [0, 0.1) is 0 Å². The zero-order chi connectivity index (χ0) is 11.2. The maximum Gasteiger partial charge on any atom is 0.179 e. The van der Waals surface area contributed by atoms with Gasteiger partial charge in [0.2, 0.25) is 0 Å². The van der Waals surface area contributed by atoms with E-state index in [2.05, 4.69) is 0 Å². The topological polar surface area (TPSA) is 44.5 Å². The Morgan fingerprint density at radius 1 is 1.19 bits per heavy atom. The molecular formula is C12H14ClNO2. The van der Waals surface area contributed by atoms with Crippen molar-refractivity contribution >= 4 is 11.6 Å². The first-order valence-electron chi connectivity index (χ1n) is 5.58. The van der Waals surface area contributed by atoms with Crippen LogP contribution in [0.3, 0.4) is 0 Å². The Kier molecular flexibility index (Phi) is 2.26. The lowest BCUT2D eigenvalue weighted by atomic mass is 10.1. The molecule has 1 aromatic carbocycles. The number of hydrogen-bond donors (Lipinski definition) is 1. The summed E-state index contributed by atoms with van der Waals surface area (Å²) in [6, 6.07) is 3.88. The molecule has 86 valence electrons. The van der Waals surface area contributed by atoms with Crippen LogP contribution in [-0.4, -0.2) is 13.2 Å². The SMILES string of the molecule is NC1(c2cc(Cl)c3c(c2)OCCCO3)CC1. The lowest BCUT2D eigenvalue weighted by Crippen LogP contribution is -2.18. The van der Waals surface area contributed by atoms with Crippen molar-refractivity contribution in [2.75, 3.05) is 13.2 Å². The minimum atomic E-state index is -0.186. The molecule has 16 heavy (non-hydrogen) atoms. The largest absolute Gasteiger partial charge is 0.489 e. The fraction of sp³-hybridized carbons (Fsp3) is 0.500. The molecule has 1 aliphatic heterocycles. The van der Waals surface area contributed by atoms with E-state index in [0.29, 0.717) is 24.0 Å². The van der Waals surface area contributed by atoms with E-state index in [1.165, 1.54) is 0 Å². The molecule has 0 atom stereocenters. The van der Waals surface area contributed by atoms with Crippen LogP contribution in [0.25, 0.3) is 0 Å². The van der Waals surface area contributed by atoms with Gasteiger partial charge in [0.15, 0.2) is 11.5 Å². The monoisotopic (exact) mass is 239 g/mol. The second kappa shape index (κ2) is 3.54. The smallest absolute Gasteiger partial charge is 0.179 e. The van der Waals surface area contributed by atoms with Crippen molar-refractivity contribution in [3.63, 3.8) is 0 Å². The molecule has 0 aromatic heterocycles. The van der Waals surface area contributed by atoms with E-state index in [0.717, 1.165) is 30.6 Å². The average molecular weight is 240 g/mol. The average Bonchev–Trinajstić information content (AvgIpc) is 3.02. The number of rotatable bonds is 1. The molecule has 0 bridgehead atoms. The summed E-state index contributed by atoms with van der Waals surface area (Å²) in [7, 11) is 0. The van der Waals surface area contributed by atoms with Crippen molar-refractivity contribution in [1.29, 1.82) is 0 Å². The van der Waals surface area contributed by atoms with Gasteiger partial charge in [0, 0.05) is 12.0 Å². The van der Waals surface area contributed by atoms with Gasteiger partial charge >= 0.3 is 0 Å². The van der Waals surface area contributed by atoms with E-state index in [1.54, 1.807) is 0 Å². The Morgan fingerprint density at radius 2 is 1.94 bits per heavy atom. The molecule has 1 heterocycles. The van der Waals surface area contributed by atoms with Crippen molar-refractivity contribution in [2.24, 2.45) is 5.73 Å². The molecule has 0 saturated heterocycles. The highest BCUT2D eigenvalue weighted by atomic mass is 35.5. The fourth-order valence-corrected chi connectivity index (χ4v) is 2.21. The normalized spacial score (nSPS) is 21.4. The van der Waals surface area contributed by atoms with Gasteiger partial charge in [-0.1, -0.05) is 11.6 Å². The molecule has 2 aliphatic rings. The second-order valence-corrected chi connectivity index (χ2v) is 4.90. The molecule has 1 saturated carbocycles. The van der Waals surface area contributed by atoms with Crippen molar-refractivity contribution in [2.45, 2.75) is 24.8 Å². The molecule has 4 heteroatoms. The Morgan fingerprint density at radius 3 is 2.69 bits per heavy atom. The number of benzene rings is 1. The highest BCUT2D eigenvalue weighted by Gasteiger charge is 2.41. The standard InChI is InChI=1S/C12H14ClNO2/c13-9-6-8(12(14)2-3-12)7-10-11(9)16-5-1-4-15-10/h6-7H,1-5,14H2. The molecule has 0 spiro atoms. The summed E-state index contributed by atoms with van der Waals surface area (Å²) in [5.41, 5.74) is 7.02. The third-order valence-corrected chi connectivity index (χ3v) is 3.45. The zero-order valence-corrected chi connectivity index (χ0v) is 9.72. The Labute approximate surface area is 99.5 Å². The van der Waals surface area contributed by atoms with Gasteiger partial charge in [-0.2, -0.15) is 0 Å². The summed E-state index contributed by atoms with van der Waals surface area (Å²) in [6.07, 6.45) is 2.92. The molecule has 1 aromatic rings. The summed E-state index contributed by atoms with van der Waals surface area (Å²) in [4.78, 5) is 0. The molecule has 2 N–H and O–H groups in total. The number of halogens is 1. The molecule has 1 fully saturated rings. The van der Waals surface area contributed by atoms with Gasteiger partial charge in [0.25, 0.3) is 0 Å². The van der Waals surface area contributed by atoms with Crippen LogP contribution < -0.4 is 15.2 Å². The van der Waals surface area contributed by atoms with E-state index in [1.807, 2.05) is 12.1 Å². The number of ether oxygens (including phenoxy) is 2. The second-order valence-electron chi connectivity index (χ2n) is 4.49. The molecule has 3 rings (SSSR count). The molecule has 1 aliphatic carbocycles. The van der Waals surface area contributed by atoms with E-state index >= 15 is 0 Å². The van der Waals surface area contributed by atoms with Crippen molar-refractivity contribution in [3.8, 4) is 11.5 Å². The van der Waals surface area contributed by atoms with Gasteiger partial charge in [-0.3, -0.25) is 0 Å². The zero-order valence-electron chi connectivity index (χ0n) is 8.96. The van der Waals surface area contributed by atoms with Crippen LogP contribution >= 0.6 is 11.6 Å². The van der Waals surface area contributed by atoms with Gasteiger partial charge in [-0.25, -0.2) is 0 Å². The summed E-state index contributed by atoms with van der Waals surface area (Å²) in [6.45, 7) is 1.32. The van der Waals surface area contributed by atoms with Crippen molar-refractivity contribution in [1.82, 2.24) is 0 Å². The lowest BCUT2D eigenvalue weighted by Gasteiger charge is -2.14. The van der Waals surface area contributed by atoms with Crippen LogP contribution in [0.2, 0.25) is 5.02 Å². The molecule has 3 nitrogen and oxygen atoms in total. The Hall–Kier alpha value is -0.930. The summed E-state index contributed by atoms with van der Waals surface area (Å²) >= 11 is 6.19. The predicted octanol–water partition coefficient (Wildman–Crippen LogP) is 2.45. The number of nitrogens with two attached hydrogens (primary N) is 1. The molecular weight excluding hydrogens is 226 g/mol. The first-order chi connectivity index (χ1) is 7.69. The molecule has 0 amide bonds. The fourth-order valence-electron chi connectivity index (χ4n) is 1.94. The predicted molar refractivity (Wildman–Crippen MR) is 62.2 cm³/mol. The van der Waals surface area contributed by atoms with Crippen molar-refractivity contribution < 1.29 is 9.47 Å². The van der Waals surface area contributed by atoms with Crippen LogP contribution in [0.5, 0.6) is 11.5 Å². The highest BCUT2D eigenvalue weighted by molar-refractivity contribution is 6.32. The lowest BCUT2D eigenvalue weighted by molar-refractivity contribution is 0.297. The number of fused-ring (bicyclic) bond motifs is 1. The van der Waals surface area contributed by atoms with E-state index < -0.39 is 0 Å². The van der Waals surface area contributed by atoms with Crippen LogP contribution in [0.4, 0.5) is 0 Å². The quantitative estimate of drug-likeness (QED) is 0.819. The first kappa shape index (κ1) is 10.2. The number of hydrogen-bond acceptors (Lipinski definition) is 3. The van der Waals surface area contributed by atoms with Gasteiger partial charge in [0.05, 0.1) is 18.2 Å². The van der Waals surface area contributed by atoms with Gasteiger partial charge in [-0.05, 0) is 30.5 Å².